The third-order valence-electron chi connectivity index (χ3n) is 3.84. The van der Waals surface area contributed by atoms with E-state index in [0.29, 0.717) is 10.0 Å². The molecule has 0 saturated heterocycles. The van der Waals surface area contributed by atoms with Gasteiger partial charge in [-0.25, -0.2) is 4.79 Å². The Morgan fingerprint density at radius 1 is 1.47 bits per heavy atom. The molecule has 4 heteroatoms. The third-order valence-corrected chi connectivity index (χ3v) is 4.50. The molecule has 0 aromatic heterocycles. The van der Waals surface area contributed by atoms with Gasteiger partial charge in [-0.1, -0.05) is 19.8 Å². The summed E-state index contributed by atoms with van der Waals surface area (Å²) in [4.78, 5) is 10.9. The molecular formula is C15H20BrNO2. The number of hydrogen-bond donors (Lipinski definition) is 2. The van der Waals surface area contributed by atoms with Crippen LogP contribution in [-0.4, -0.2) is 17.6 Å². The van der Waals surface area contributed by atoms with Crippen LogP contribution in [0.15, 0.2) is 22.7 Å². The summed E-state index contributed by atoms with van der Waals surface area (Å²) in [5.41, 5.74) is 1.28. The average molecular weight is 326 g/mol. The standard InChI is InChI=1S/C15H20BrNO2/c1-10-3-2-4-11(7-10)9-17-12-5-6-13(15(18)19)14(16)8-12/h5-6,8,10-11,17H,2-4,7,9H2,1H3,(H,18,19). The van der Waals surface area contributed by atoms with E-state index in [4.69, 9.17) is 5.11 Å². The SMILES string of the molecule is CC1CCCC(CNc2ccc(C(=O)O)c(Br)c2)C1. The second-order valence-electron chi connectivity index (χ2n) is 5.52. The summed E-state index contributed by atoms with van der Waals surface area (Å²) in [5, 5.41) is 12.4. The van der Waals surface area contributed by atoms with Crippen molar-refractivity contribution in [2.75, 3.05) is 11.9 Å². The average Bonchev–Trinajstić information content (AvgIpc) is 2.36. The first-order valence-corrected chi connectivity index (χ1v) is 7.62. The van der Waals surface area contributed by atoms with Crippen LogP contribution in [0.2, 0.25) is 0 Å². The quantitative estimate of drug-likeness (QED) is 0.863. The Morgan fingerprint density at radius 3 is 2.89 bits per heavy atom. The second kappa shape index (κ2) is 6.42. The van der Waals surface area contributed by atoms with Gasteiger partial charge in [0.2, 0.25) is 0 Å². The van der Waals surface area contributed by atoms with Crippen molar-refractivity contribution in [1.29, 1.82) is 0 Å². The van der Waals surface area contributed by atoms with Gasteiger partial charge in [-0.2, -0.15) is 0 Å². The van der Waals surface area contributed by atoms with Crippen molar-refractivity contribution in [1.82, 2.24) is 0 Å². The van der Waals surface area contributed by atoms with Crippen molar-refractivity contribution in [2.45, 2.75) is 32.6 Å². The van der Waals surface area contributed by atoms with Gasteiger partial charge in [-0.15, -0.1) is 0 Å². The third kappa shape index (κ3) is 3.96. The summed E-state index contributed by atoms with van der Waals surface area (Å²) in [6, 6.07) is 5.31. The molecule has 0 spiro atoms. The minimum Gasteiger partial charge on any atom is -0.478 e. The zero-order valence-electron chi connectivity index (χ0n) is 11.2. The number of nitrogens with one attached hydrogen (secondary N) is 1. The highest BCUT2D eigenvalue weighted by Crippen LogP contribution is 2.29. The summed E-state index contributed by atoms with van der Waals surface area (Å²) in [7, 11) is 0. The molecule has 0 heterocycles. The summed E-state index contributed by atoms with van der Waals surface area (Å²) < 4.78 is 0.627. The Kier molecular flexibility index (Phi) is 4.86. The van der Waals surface area contributed by atoms with Crippen LogP contribution in [0, 0.1) is 11.8 Å². The fourth-order valence-electron chi connectivity index (χ4n) is 2.81. The van der Waals surface area contributed by atoms with Gasteiger partial charge < -0.3 is 10.4 Å². The van der Waals surface area contributed by atoms with Crippen molar-refractivity contribution < 1.29 is 9.90 Å². The number of benzene rings is 1. The Hall–Kier alpha value is -1.03. The lowest BCUT2D eigenvalue weighted by atomic mass is 9.82. The van der Waals surface area contributed by atoms with Crippen molar-refractivity contribution in [3.8, 4) is 0 Å². The number of carbonyl (C=O) groups is 1. The molecule has 1 aromatic carbocycles. The molecule has 19 heavy (non-hydrogen) atoms. The molecule has 0 aliphatic heterocycles. The molecule has 104 valence electrons. The van der Waals surface area contributed by atoms with Gasteiger partial charge in [0.25, 0.3) is 0 Å². The number of rotatable bonds is 4. The molecule has 0 amide bonds. The maximum Gasteiger partial charge on any atom is 0.336 e. The van der Waals surface area contributed by atoms with Crippen LogP contribution in [-0.2, 0) is 0 Å². The van der Waals surface area contributed by atoms with Crippen LogP contribution in [0.5, 0.6) is 0 Å². The Morgan fingerprint density at radius 2 is 2.26 bits per heavy atom. The summed E-state index contributed by atoms with van der Waals surface area (Å²) in [5.74, 6) is 0.669. The molecule has 2 atom stereocenters. The number of carboxylic acid groups (broad SMARTS) is 1. The lowest BCUT2D eigenvalue weighted by Gasteiger charge is -2.27. The zero-order chi connectivity index (χ0) is 13.8. The topological polar surface area (TPSA) is 49.3 Å². The molecule has 1 aliphatic rings. The molecule has 1 fully saturated rings. The van der Waals surface area contributed by atoms with Crippen LogP contribution >= 0.6 is 15.9 Å². The van der Waals surface area contributed by atoms with Crippen LogP contribution in [0.3, 0.4) is 0 Å². The normalized spacial score (nSPS) is 23.1. The molecule has 1 aliphatic carbocycles. The highest BCUT2D eigenvalue weighted by molar-refractivity contribution is 9.10. The van der Waals surface area contributed by atoms with Crippen molar-refractivity contribution in [3.63, 3.8) is 0 Å². The number of anilines is 1. The zero-order valence-corrected chi connectivity index (χ0v) is 12.7. The van der Waals surface area contributed by atoms with Crippen molar-refractivity contribution in [2.24, 2.45) is 11.8 Å². The highest BCUT2D eigenvalue weighted by Gasteiger charge is 2.18. The van der Waals surface area contributed by atoms with Crippen molar-refractivity contribution >= 4 is 27.6 Å². The van der Waals surface area contributed by atoms with E-state index >= 15 is 0 Å². The number of halogens is 1. The number of hydrogen-bond acceptors (Lipinski definition) is 2. The fraction of sp³-hybridized carbons (Fsp3) is 0.533. The minimum absolute atomic E-state index is 0.303. The molecule has 1 saturated carbocycles. The number of carboxylic acids is 1. The van der Waals surface area contributed by atoms with Crippen LogP contribution in [0.4, 0.5) is 5.69 Å². The highest BCUT2D eigenvalue weighted by atomic mass is 79.9. The maximum absolute atomic E-state index is 10.9. The smallest absolute Gasteiger partial charge is 0.336 e. The first-order valence-electron chi connectivity index (χ1n) is 6.83. The van der Waals surface area contributed by atoms with Crippen LogP contribution in [0.25, 0.3) is 0 Å². The van der Waals surface area contributed by atoms with Gasteiger partial charge in [0.15, 0.2) is 0 Å². The molecule has 1 aromatic rings. The van der Waals surface area contributed by atoms with E-state index in [1.54, 1.807) is 6.07 Å². The lowest BCUT2D eigenvalue weighted by Crippen LogP contribution is -2.21. The molecular weight excluding hydrogens is 306 g/mol. The van der Waals surface area contributed by atoms with Gasteiger partial charge in [0, 0.05) is 16.7 Å². The monoisotopic (exact) mass is 325 g/mol. The molecule has 0 bridgehead atoms. The Labute approximate surface area is 122 Å². The molecule has 2 unspecified atom stereocenters. The largest absolute Gasteiger partial charge is 0.478 e. The second-order valence-corrected chi connectivity index (χ2v) is 6.37. The van der Waals surface area contributed by atoms with Gasteiger partial charge in [-0.3, -0.25) is 0 Å². The van der Waals surface area contributed by atoms with Crippen LogP contribution < -0.4 is 5.32 Å². The van der Waals surface area contributed by atoms with Crippen molar-refractivity contribution in [3.05, 3.63) is 28.2 Å². The summed E-state index contributed by atoms with van der Waals surface area (Å²) >= 11 is 3.30. The van der Waals surface area contributed by atoms with E-state index < -0.39 is 5.97 Å². The molecule has 3 nitrogen and oxygen atoms in total. The Bertz CT molecular complexity index is 461. The van der Waals surface area contributed by atoms with E-state index in [2.05, 4.69) is 28.2 Å². The maximum atomic E-state index is 10.9. The summed E-state index contributed by atoms with van der Waals surface area (Å²) in [6.07, 6.45) is 5.28. The minimum atomic E-state index is -0.903. The van der Waals surface area contributed by atoms with Gasteiger partial charge in [0.05, 0.1) is 5.56 Å². The summed E-state index contributed by atoms with van der Waals surface area (Å²) in [6.45, 7) is 3.30. The number of aromatic carboxylic acids is 1. The fourth-order valence-corrected chi connectivity index (χ4v) is 3.35. The van der Waals surface area contributed by atoms with Gasteiger partial charge in [0.1, 0.15) is 0 Å². The van der Waals surface area contributed by atoms with E-state index in [1.807, 2.05) is 12.1 Å². The molecule has 0 radical (unpaired) electrons. The molecule has 2 N–H and O–H groups in total. The van der Waals surface area contributed by atoms with E-state index in [-0.39, 0.29) is 0 Å². The predicted octanol–water partition coefficient (Wildman–Crippen LogP) is 4.39. The lowest BCUT2D eigenvalue weighted by molar-refractivity contribution is 0.0696. The molecule has 2 rings (SSSR count). The van der Waals surface area contributed by atoms with Crippen LogP contribution in [0.1, 0.15) is 43.0 Å². The predicted molar refractivity (Wildman–Crippen MR) is 80.7 cm³/mol. The van der Waals surface area contributed by atoms with Gasteiger partial charge in [-0.05, 0) is 58.8 Å². The van der Waals surface area contributed by atoms with E-state index in [1.165, 1.54) is 25.7 Å². The first-order chi connectivity index (χ1) is 9.06. The van der Waals surface area contributed by atoms with E-state index in [0.717, 1.165) is 24.1 Å². The Balaban J connectivity index is 1.92. The van der Waals surface area contributed by atoms with Gasteiger partial charge >= 0.3 is 5.97 Å². The van der Waals surface area contributed by atoms with E-state index in [9.17, 15) is 4.79 Å². The first kappa shape index (κ1) is 14.4.